The number of halogens is 1. The largest absolute Gasteiger partial charge is 0.348 e. The van der Waals surface area contributed by atoms with Gasteiger partial charge < -0.3 is 10.6 Å². The molecule has 0 radical (unpaired) electrons. The van der Waals surface area contributed by atoms with Crippen molar-refractivity contribution in [3.8, 4) is 0 Å². The van der Waals surface area contributed by atoms with Crippen molar-refractivity contribution in [2.24, 2.45) is 0 Å². The normalized spacial score (nSPS) is 12.9. The first-order valence-corrected chi connectivity index (χ1v) is 9.75. The average Bonchev–Trinajstić information content (AvgIpc) is 2.60. The zero-order valence-corrected chi connectivity index (χ0v) is 16.7. The van der Waals surface area contributed by atoms with Crippen LogP contribution in [0.4, 0.5) is 5.69 Å². The molecule has 2 atom stereocenters. The van der Waals surface area contributed by atoms with Crippen LogP contribution in [0, 0.1) is 0 Å². The molecule has 138 valence electrons. The number of carbonyl (C=O) groups is 2. The molecule has 0 aliphatic carbocycles. The van der Waals surface area contributed by atoms with Gasteiger partial charge in [0.15, 0.2) is 0 Å². The van der Waals surface area contributed by atoms with E-state index in [2.05, 4.69) is 10.6 Å². The number of hydrogen-bond donors (Lipinski definition) is 2. The summed E-state index contributed by atoms with van der Waals surface area (Å²) in [7, 11) is 0. The van der Waals surface area contributed by atoms with E-state index in [0.29, 0.717) is 5.02 Å². The molecule has 2 unspecified atom stereocenters. The monoisotopic (exact) mass is 390 g/mol. The third kappa shape index (κ3) is 6.07. The lowest BCUT2D eigenvalue weighted by Gasteiger charge is -2.20. The molecule has 26 heavy (non-hydrogen) atoms. The van der Waals surface area contributed by atoms with Crippen LogP contribution in [0.15, 0.2) is 53.4 Å². The fraction of sp³-hybridized carbons (Fsp3) is 0.300. The second-order valence-electron chi connectivity index (χ2n) is 5.99. The van der Waals surface area contributed by atoms with Gasteiger partial charge in [-0.15, -0.1) is 11.8 Å². The predicted octanol–water partition coefficient (Wildman–Crippen LogP) is 5.05. The van der Waals surface area contributed by atoms with Gasteiger partial charge in [-0.05, 0) is 55.3 Å². The highest BCUT2D eigenvalue weighted by molar-refractivity contribution is 8.00. The van der Waals surface area contributed by atoms with Crippen molar-refractivity contribution in [2.75, 3.05) is 5.32 Å². The van der Waals surface area contributed by atoms with Crippen molar-refractivity contribution in [1.82, 2.24) is 5.32 Å². The molecule has 2 N–H and O–H groups in total. The van der Waals surface area contributed by atoms with Crippen LogP contribution >= 0.6 is 23.4 Å². The molecule has 0 heterocycles. The molecule has 0 fully saturated rings. The first-order valence-electron chi connectivity index (χ1n) is 8.49. The summed E-state index contributed by atoms with van der Waals surface area (Å²) in [4.78, 5) is 24.6. The van der Waals surface area contributed by atoms with E-state index in [-0.39, 0.29) is 23.1 Å². The highest BCUT2D eigenvalue weighted by Gasteiger charge is 2.19. The molecule has 2 rings (SSSR count). The molecule has 0 aliphatic heterocycles. The maximum absolute atomic E-state index is 12.6. The van der Waals surface area contributed by atoms with E-state index in [4.69, 9.17) is 11.6 Å². The zero-order chi connectivity index (χ0) is 19.1. The fourth-order valence-electron chi connectivity index (χ4n) is 2.51. The SMILES string of the molecule is CCC(NC(=O)C(C)Sc1ccc(NC(C)=O)cc1)c1cccc(Cl)c1. The van der Waals surface area contributed by atoms with Gasteiger partial charge in [-0.3, -0.25) is 9.59 Å². The van der Waals surface area contributed by atoms with Crippen LogP contribution in [-0.4, -0.2) is 17.1 Å². The van der Waals surface area contributed by atoms with Crippen molar-refractivity contribution in [1.29, 1.82) is 0 Å². The van der Waals surface area contributed by atoms with E-state index >= 15 is 0 Å². The van der Waals surface area contributed by atoms with Crippen LogP contribution in [0.25, 0.3) is 0 Å². The van der Waals surface area contributed by atoms with E-state index in [0.717, 1.165) is 22.6 Å². The number of nitrogens with one attached hydrogen (secondary N) is 2. The Morgan fingerprint density at radius 1 is 1.15 bits per heavy atom. The summed E-state index contributed by atoms with van der Waals surface area (Å²) in [5.41, 5.74) is 1.75. The second-order valence-corrected chi connectivity index (χ2v) is 7.84. The van der Waals surface area contributed by atoms with Gasteiger partial charge in [0.25, 0.3) is 0 Å². The van der Waals surface area contributed by atoms with E-state index in [1.54, 1.807) is 0 Å². The smallest absolute Gasteiger partial charge is 0.233 e. The lowest BCUT2D eigenvalue weighted by molar-refractivity contribution is -0.121. The van der Waals surface area contributed by atoms with Crippen LogP contribution in [0.5, 0.6) is 0 Å². The van der Waals surface area contributed by atoms with Gasteiger partial charge in [0.2, 0.25) is 11.8 Å². The predicted molar refractivity (Wildman–Crippen MR) is 109 cm³/mol. The summed E-state index contributed by atoms with van der Waals surface area (Å²) in [6, 6.07) is 15.0. The maximum atomic E-state index is 12.6. The van der Waals surface area contributed by atoms with Gasteiger partial charge >= 0.3 is 0 Å². The molecule has 0 saturated carbocycles. The number of amides is 2. The first-order chi connectivity index (χ1) is 12.4. The summed E-state index contributed by atoms with van der Waals surface area (Å²) < 4.78 is 0. The lowest BCUT2D eigenvalue weighted by atomic mass is 10.0. The summed E-state index contributed by atoms with van der Waals surface area (Å²) in [5, 5.41) is 6.24. The molecule has 0 saturated heterocycles. The number of thioether (sulfide) groups is 1. The summed E-state index contributed by atoms with van der Waals surface area (Å²) in [6.07, 6.45) is 0.787. The van der Waals surface area contributed by atoms with Gasteiger partial charge in [0.1, 0.15) is 0 Å². The Morgan fingerprint density at radius 2 is 1.85 bits per heavy atom. The summed E-state index contributed by atoms with van der Waals surface area (Å²) >= 11 is 7.53. The molecule has 2 amide bonds. The van der Waals surface area contributed by atoms with Gasteiger partial charge in [-0.25, -0.2) is 0 Å². The number of anilines is 1. The molecule has 4 nitrogen and oxygen atoms in total. The van der Waals surface area contributed by atoms with Crippen LogP contribution < -0.4 is 10.6 Å². The average molecular weight is 391 g/mol. The quantitative estimate of drug-likeness (QED) is 0.650. The van der Waals surface area contributed by atoms with E-state index in [1.807, 2.05) is 62.4 Å². The van der Waals surface area contributed by atoms with Gasteiger partial charge in [-0.1, -0.05) is 30.7 Å². The maximum Gasteiger partial charge on any atom is 0.233 e. The summed E-state index contributed by atoms with van der Waals surface area (Å²) in [6.45, 7) is 5.38. The molecule has 0 bridgehead atoms. The van der Waals surface area contributed by atoms with Crippen molar-refractivity contribution in [3.05, 3.63) is 59.1 Å². The molecule has 0 aromatic heterocycles. The lowest BCUT2D eigenvalue weighted by Crippen LogP contribution is -2.34. The molecular weight excluding hydrogens is 368 g/mol. The number of rotatable bonds is 7. The van der Waals surface area contributed by atoms with Crippen LogP contribution in [0.1, 0.15) is 38.8 Å². The standard InChI is InChI=1S/C20H23ClN2O2S/c1-4-19(15-6-5-7-16(21)12-15)23-20(25)13(2)26-18-10-8-17(9-11-18)22-14(3)24/h5-13,19H,4H2,1-3H3,(H,22,24)(H,23,25). The van der Waals surface area contributed by atoms with E-state index in [9.17, 15) is 9.59 Å². The second kappa shape index (κ2) is 9.64. The molecule has 6 heteroatoms. The fourth-order valence-corrected chi connectivity index (χ4v) is 3.59. The molecule has 2 aromatic carbocycles. The Morgan fingerprint density at radius 3 is 2.42 bits per heavy atom. The van der Waals surface area contributed by atoms with Crippen LogP contribution in [0.3, 0.4) is 0 Å². The minimum atomic E-state index is -0.241. The number of carbonyl (C=O) groups excluding carboxylic acids is 2. The third-order valence-electron chi connectivity index (χ3n) is 3.83. The zero-order valence-electron chi connectivity index (χ0n) is 15.1. The number of hydrogen-bond acceptors (Lipinski definition) is 3. The highest BCUT2D eigenvalue weighted by Crippen LogP contribution is 2.26. The summed E-state index contributed by atoms with van der Waals surface area (Å²) in [5.74, 6) is -0.127. The molecule has 0 aliphatic rings. The highest BCUT2D eigenvalue weighted by atomic mass is 35.5. The number of benzene rings is 2. The Hall–Kier alpha value is -1.98. The molecular formula is C20H23ClN2O2S. The Balaban J connectivity index is 1.96. The first kappa shape index (κ1) is 20.3. The Bertz CT molecular complexity index is 765. The topological polar surface area (TPSA) is 58.2 Å². The Labute approximate surface area is 163 Å². The van der Waals surface area contributed by atoms with Crippen molar-refractivity contribution < 1.29 is 9.59 Å². The third-order valence-corrected chi connectivity index (χ3v) is 5.18. The van der Waals surface area contributed by atoms with Crippen molar-refractivity contribution in [2.45, 2.75) is 43.4 Å². The van der Waals surface area contributed by atoms with Gasteiger partial charge in [-0.2, -0.15) is 0 Å². The van der Waals surface area contributed by atoms with Gasteiger partial charge in [0.05, 0.1) is 11.3 Å². The Kier molecular flexibility index (Phi) is 7.54. The van der Waals surface area contributed by atoms with Crippen molar-refractivity contribution in [3.63, 3.8) is 0 Å². The van der Waals surface area contributed by atoms with Gasteiger partial charge in [0, 0.05) is 22.5 Å². The van der Waals surface area contributed by atoms with Crippen molar-refractivity contribution >= 4 is 40.9 Å². The van der Waals surface area contributed by atoms with Crippen LogP contribution in [-0.2, 0) is 9.59 Å². The van der Waals surface area contributed by atoms with E-state index in [1.165, 1.54) is 18.7 Å². The van der Waals surface area contributed by atoms with E-state index < -0.39 is 0 Å². The minimum absolute atomic E-state index is 0.0206. The molecule has 2 aromatic rings. The van der Waals surface area contributed by atoms with Crippen LogP contribution in [0.2, 0.25) is 5.02 Å². The minimum Gasteiger partial charge on any atom is -0.348 e. The molecule has 0 spiro atoms.